The number of sulfonamides is 1. The highest BCUT2D eigenvalue weighted by molar-refractivity contribution is 7.89. The Hall–Kier alpha value is -0.820. The van der Waals surface area contributed by atoms with Crippen LogP contribution in [0.1, 0.15) is 13.8 Å². The molecule has 0 atom stereocenters. The van der Waals surface area contributed by atoms with Gasteiger partial charge in [-0.3, -0.25) is 0 Å². The summed E-state index contributed by atoms with van der Waals surface area (Å²) in [4.78, 5) is 0.0230. The number of hydrogen-bond donors (Lipinski definition) is 2. The second-order valence-electron chi connectivity index (χ2n) is 4.44. The Morgan fingerprint density at radius 1 is 1.44 bits per heavy atom. The number of halogens is 1. The van der Waals surface area contributed by atoms with Gasteiger partial charge in [-0.05, 0) is 32.0 Å². The molecule has 1 aromatic rings. The van der Waals surface area contributed by atoms with E-state index in [4.69, 9.17) is 21.4 Å². The molecule has 0 aliphatic heterocycles. The van der Waals surface area contributed by atoms with Gasteiger partial charge in [0, 0.05) is 0 Å². The lowest BCUT2D eigenvalue weighted by atomic mass is 10.1. The quantitative estimate of drug-likeness (QED) is 0.860. The van der Waals surface area contributed by atoms with Crippen molar-refractivity contribution in [1.82, 2.24) is 4.72 Å². The van der Waals surface area contributed by atoms with Crippen molar-refractivity contribution in [2.24, 2.45) is 0 Å². The molecule has 1 rings (SSSR count). The molecule has 18 heavy (non-hydrogen) atoms. The Balaban J connectivity index is 3.10. The van der Waals surface area contributed by atoms with Gasteiger partial charge in [0.1, 0.15) is 5.75 Å². The van der Waals surface area contributed by atoms with E-state index in [9.17, 15) is 8.42 Å². The molecule has 0 saturated carbocycles. The molecule has 0 aliphatic carbocycles. The van der Waals surface area contributed by atoms with Crippen molar-refractivity contribution >= 4 is 21.6 Å². The van der Waals surface area contributed by atoms with Gasteiger partial charge in [0.25, 0.3) is 0 Å². The Kier molecular flexibility index (Phi) is 4.61. The van der Waals surface area contributed by atoms with Crippen LogP contribution in [0, 0.1) is 0 Å². The van der Waals surface area contributed by atoms with Gasteiger partial charge in [-0.2, -0.15) is 0 Å². The molecule has 1 aromatic carbocycles. The topological polar surface area (TPSA) is 75.6 Å². The van der Waals surface area contributed by atoms with Gasteiger partial charge >= 0.3 is 0 Å². The SMILES string of the molecule is COc1ccc(S(=O)(=O)NC(C)(C)CO)cc1Cl. The van der Waals surface area contributed by atoms with E-state index in [1.807, 2.05) is 0 Å². The van der Waals surface area contributed by atoms with E-state index in [1.54, 1.807) is 13.8 Å². The fraction of sp³-hybridized carbons (Fsp3) is 0.455. The lowest BCUT2D eigenvalue weighted by Crippen LogP contribution is -2.46. The van der Waals surface area contributed by atoms with Crippen molar-refractivity contribution in [1.29, 1.82) is 0 Å². The number of methoxy groups -OCH3 is 1. The van der Waals surface area contributed by atoms with Crippen LogP contribution in [0.4, 0.5) is 0 Å². The van der Waals surface area contributed by atoms with E-state index < -0.39 is 15.6 Å². The summed E-state index contributed by atoms with van der Waals surface area (Å²) in [5, 5.41) is 9.28. The number of ether oxygens (including phenoxy) is 1. The summed E-state index contributed by atoms with van der Waals surface area (Å²) in [7, 11) is -2.28. The summed E-state index contributed by atoms with van der Waals surface area (Å²) in [5.41, 5.74) is -0.939. The van der Waals surface area contributed by atoms with Crippen LogP contribution in [0.3, 0.4) is 0 Å². The second kappa shape index (κ2) is 5.44. The number of rotatable bonds is 5. The standard InChI is InChI=1S/C11H16ClNO4S/c1-11(2,7-14)13-18(15,16)8-4-5-10(17-3)9(12)6-8/h4-6,13-14H,7H2,1-3H3. The molecule has 7 heteroatoms. The van der Waals surface area contributed by atoms with Crippen LogP contribution < -0.4 is 9.46 Å². The first-order valence-corrected chi connectivity index (χ1v) is 7.06. The fourth-order valence-electron chi connectivity index (χ4n) is 1.27. The average Bonchev–Trinajstić information content (AvgIpc) is 2.27. The van der Waals surface area contributed by atoms with Crippen molar-refractivity contribution in [3.8, 4) is 5.75 Å². The van der Waals surface area contributed by atoms with E-state index in [-0.39, 0.29) is 16.5 Å². The normalized spacial score (nSPS) is 12.5. The maximum absolute atomic E-state index is 12.0. The Bertz CT molecular complexity index is 528. The lowest BCUT2D eigenvalue weighted by Gasteiger charge is -2.23. The average molecular weight is 294 g/mol. The summed E-state index contributed by atoms with van der Waals surface area (Å²) in [6.45, 7) is 2.85. The largest absolute Gasteiger partial charge is 0.495 e. The van der Waals surface area contributed by atoms with Crippen molar-refractivity contribution < 1.29 is 18.3 Å². The first kappa shape index (κ1) is 15.2. The summed E-state index contributed by atoms with van der Waals surface area (Å²) in [6.07, 6.45) is 0. The number of hydrogen-bond acceptors (Lipinski definition) is 4. The third-order valence-electron chi connectivity index (χ3n) is 2.24. The van der Waals surface area contributed by atoms with Gasteiger partial charge in [-0.25, -0.2) is 13.1 Å². The van der Waals surface area contributed by atoms with Gasteiger partial charge in [0.15, 0.2) is 0 Å². The minimum atomic E-state index is -3.73. The molecule has 0 aromatic heterocycles. The van der Waals surface area contributed by atoms with Gasteiger partial charge in [-0.1, -0.05) is 11.6 Å². The monoisotopic (exact) mass is 293 g/mol. The Morgan fingerprint density at radius 3 is 2.50 bits per heavy atom. The maximum atomic E-state index is 12.0. The number of benzene rings is 1. The van der Waals surface area contributed by atoms with Crippen LogP contribution in [-0.4, -0.2) is 32.8 Å². The predicted octanol–water partition coefficient (Wildman–Crippen LogP) is 1.40. The number of aliphatic hydroxyl groups is 1. The van der Waals surface area contributed by atoms with E-state index >= 15 is 0 Å². The predicted molar refractivity (Wildman–Crippen MR) is 69.5 cm³/mol. The molecule has 2 N–H and O–H groups in total. The van der Waals surface area contributed by atoms with Crippen LogP contribution in [0.25, 0.3) is 0 Å². The first-order chi connectivity index (χ1) is 8.22. The van der Waals surface area contributed by atoms with Gasteiger partial charge in [-0.15, -0.1) is 0 Å². The van der Waals surface area contributed by atoms with E-state index in [0.717, 1.165) is 0 Å². The smallest absolute Gasteiger partial charge is 0.241 e. The highest BCUT2D eigenvalue weighted by Crippen LogP contribution is 2.27. The van der Waals surface area contributed by atoms with Crippen molar-refractivity contribution in [3.63, 3.8) is 0 Å². The number of aliphatic hydroxyl groups excluding tert-OH is 1. The molecule has 0 unspecified atom stereocenters. The van der Waals surface area contributed by atoms with E-state index in [1.165, 1.54) is 25.3 Å². The molecule has 102 valence electrons. The van der Waals surface area contributed by atoms with Gasteiger partial charge < -0.3 is 9.84 Å². The molecule has 0 aliphatic rings. The molecule has 0 bridgehead atoms. The zero-order chi connectivity index (χ0) is 14.0. The highest BCUT2D eigenvalue weighted by Gasteiger charge is 2.25. The fourth-order valence-corrected chi connectivity index (χ4v) is 3.02. The van der Waals surface area contributed by atoms with E-state index in [2.05, 4.69) is 4.72 Å². The van der Waals surface area contributed by atoms with Crippen molar-refractivity contribution in [3.05, 3.63) is 23.2 Å². The van der Waals surface area contributed by atoms with Crippen LogP contribution in [0.2, 0.25) is 5.02 Å². The lowest BCUT2D eigenvalue weighted by molar-refractivity contribution is 0.208. The first-order valence-electron chi connectivity index (χ1n) is 5.20. The zero-order valence-corrected chi connectivity index (χ0v) is 12.0. The van der Waals surface area contributed by atoms with Gasteiger partial charge in [0.05, 0.1) is 29.2 Å². The highest BCUT2D eigenvalue weighted by atomic mass is 35.5. The Labute approximate surface area is 112 Å². The molecule has 5 nitrogen and oxygen atoms in total. The summed E-state index contributed by atoms with van der Waals surface area (Å²) in [5.74, 6) is 0.400. The number of nitrogens with one attached hydrogen (secondary N) is 1. The molecule has 0 saturated heterocycles. The third kappa shape index (κ3) is 3.58. The molecular formula is C11H16ClNO4S. The third-order valence-corrected chi connectivity index (χ3v) is 4.23. The van der Waals surface area contributed by atoms with Crippen LogP contribution >= 0.6 is 11.6 Å². The molecule has 0 radical (unpaired) electrons. The van der Waals surface area contributed by atoms with Crippen molar-refractivity contribution in [2.75, 3.05) is 13.7 Å². The summed E-state index contributed by atoms with van der Waals surface area (Å²) >= 11 is 5.87. The van der Waals surface area contributed by atoms with E-state index in [0.29, 0.717) is 5.75 Å². The molecular weight excluding hydrogens is 278 g/mol. The van der Waals surface area contributed by atoms with Gasteiger partial charge in [0.2, 0.25) is 10.0 Å². The zero-order valence-electron chi connectivity index (χ0n) is 10.4. The minimum Gasteiger partial charge on any atom is -0.495 e. The van der Waals surface area contributed by atoms with Crippen LogP contribution in [0.15, 0.2) is 23.1 Å². The maximum Gasteiger partial charge on any atom is 0.241 e. The van der Waals surface area contributed by atoms with Crippen molar-refractivity contribution in [2.45, 2.75) is 24.3 Å². The van der Waals surface area contributed by atoms with Crippen LogP contribution in [0.5, 0.6) is 5.75 Å². The summed E-state index contributed by atoms with van der Waals surface area (Å²) < 4.78 is 31.4. The second-order valence-corrected chi connectivity index (χ2v) is 6.53. The minimum absolute atomic E-state index is 0.0230. The molecule has 0 fully saturated rings. The molecule has 0 heterocycles. The Morgan fingerprint density at radius 2 is 2.06 bits per heavy atom. The van der Waals surface area contributed by atoms with Crippen LogP contribution in [-0.2, 0) is 10.0 Å². The molecule has 0 spiro atoms. The summed E-state index contributed by atoms with van der Waals surface area (Å²) in [6, 6.07) is 4.17. The molecule has 0 amide bonds.